The van der Waals surface area contributed by atoms with Crippen molar-refractivity contribution in [2.75, 3.05) is 0 Å². The molecule has 0 aromatic carbocycles. The summed E-state index contributed by atoms with van der Waals surface area (Å²) in [6.45, 7) is 0. The van der Waals surface area contributed by atoms with E-state index in [1.54, 1.807) is 0 Å². The second kappa shape index (κ2) is 1.82. The molecule has 1 radical (unpaired) electrons. The lowest BCUT2D eigenvalue weighted by molar-refractivity contribution is 0.458. The van der Waals surface area contributed by atoms with E-state index in [-0.39, 0.29) is 11.8 Å². The van der Waals surface area contributed by atoms with Crippen LogP contribution in [-0.2, 0) is 0 Å². The number of hydrogen-bond donors (Lipinski definition) is 2. The number of H-pyrrole nitrogens is 1. The summed E-state index contributed by atoms with van der Waals surface area (Å²) < 4.78 is 0. The molecule has 0 aliphatic heterocycles. The zero-order valence-electron chi connectivity index (χ0n) is 5.37. The number of nitrogens with zero attached hydrogens (tertiary/aromatic N) is 3. The van der Waals surface area contributed by atoms with Gasteiger partial charge >= 0.3 is 0 Å². The lowest BCUT2D eigenvalue weighted by Crippen LogP contribution is -1.79. The minimum atomic E-state index is -0.180. The van der Waals surface area contributed by atoms with Crippen LogP contribution in [0.5, 0.6) is 5.88 Å². The quantitative estimate of drug-likeness (QED) is 0.550. The largest absolute Gasteiger partial charge is 0.492 e. The second-order valence-corrected chi connectivity index (χ2v) is 1.98. The van der Waals surface area contributed by atoms with Crippen molar-refractivity contribution in [2.45, 2.75) is 0 Å². The van der Waals surface area contributed by atoms with Crippen LogP contribution in [0.2, 0.25) is 0 Å². The fraction of sp³-hybridized carbons (Fsp3) is 0. The molecule has 2 heterocycles. The van der Waals surface area contributed by atoms with E-state index >= 15 is 0 Å². The molecule has 55 valence electrons. The first-order valence-corrected chi connectivity index (χ1v) is 2.88. The van der Waals surface area contributed by atoms with Crippen molar-refractivity contribution in [1.82, 2.24) is 25.7 Å². The monoisotopic (exact) mass is 150 g/mol. The highest BCUT2D eigenvalue weighted by molar-refractivity contribution is 5.76. The Bertz CT molecular complexity index is 395. The molecule has 6 heteroatoms. The number of aromatic amines is 1. The molecule has 0 unspecified atom stereocenters. The number of imidazole rings is 1. The van der Waals surface area contributed by atoms with E-state index in [0.29, 0.717) is 11.2 Å². The Morgan fingerprint density at radius 2 is 2.27 bits per heavy atom. The van der Waals surface area contributed by atoms with E-state index < -0.39 is 0 Å². The molecule has 0 amide bonds. The average molecular weight is 150 g/mol. The van der Waals surface area contributed by atoms with Crippen LogP contribution in [0, 0.1) is 0 Å². The van der Waals surface area contributed by atoms with E-state index in [2.05, 4.69) is 19.9 Å². The van der Waals surface area contributed by atoms with Crippen molar-refractivity contribution in [3.05, 3.63) is 6.33 Å². The molecule has 2 aromatic heterocycles. The first-order valence-electron chi connectivity index (χ1n) is 2.88. The van der Waals surface area contributed by atoms with Crippen LogP contribution in [0.3, 0.4) is 0 Å². The molecule has 0 saturated carbocycles. The summed E-state index contributed by atoms with van der Waals surface area (Å²) in [6, 6.07) is 0. The topological polar surface area (TPSA) is 98.5 Å². The second-order valence-electron chi connectivity index (χ2n) is 1.98. The summed E-state index contributed by atoms with van der Waals surface area (Å²) >= 11 is 0. The summed E-state index contributed by atoms with van der Waals surface area (Å²) in [5.41, 5.74) is 7.69. The molecule has 0 aliphatic carbocycles. The van der Waals surface area contributed by atoms with Crippen molar-refractivity contribution in [3.63, 3.8) is 0 Å². The lowest BCUT2D eigenvalue weighted by Gasteiger charge is -1.87. The van der Waals surface area contributed by atoms with Crippen molar-refractivity contribution < 1.29 is 5.11 Å². The molecule has 3 N–H and O–H groups in total. The summed E-state index contributed by atoms with van der Waals surface area (Å²) in [7, 11) is 0. The van der Waals surface area contributed by atoms with E-state index in [4.69, 9.17) is 10.8 Å². The first kappa shape index (κ1) is 5.90. The molecule has 0 spiro atoms. The normalized spacial score (nSPS) is 10.5. The van der Waals surface area contributed by atoms with Crippen molar-refractivity contribution >= 4 is 17.1 Å². The van der Waals surface area contributed by atoms with E-state index in [1.807, 2.05) is 0 Å². The number of hydrogen-bond acceptors (Lipinski definition) is 4. The highest BCUT2D eigenvalue weighted by atomic mass is 16.3. The van der Waals surface area contributed by atoms with Crippen LogP contribution >= 0.6 is 0 Å². The predicted molar refractivity (Wildman–Crippen MR) is 36.1 cm³/mol. The van der Waals surface area contributed by atoms with Gasteiger partial charge in [0.25, 0.3) is 0 Å². The van der Waals surface area contributed by atoms with Gasteiger partial charge in [0.05, 0.1) is 0 Å². The maximum absolute atomic E-state index is 9.08. The smallest absolute Gasteiger partial charge is 0.240 e. The van der Waals surface area contributed by atoms with Gasteiger partial charge < -0.3 is 10.1 Å². The Kier molecular flexibility index (Phi) is 0.974. The van der Waals surface area contributed by atoms with Gasteiger partial charge in [-0.05, 0) is 0 Å². The van der Waals surface area contributed by atoms with Gasteiger partial charge in [-0.3, -0.25) is 5.73 Å². The van der Waals surface area contributed by atoms with E-state index in [9.17, 15) is 0 Å². The third kappa shape index (κ3) is 0.759. The summed E-state index contributed by atoms with van der Waals surface area (Å²) in [5.74, 6) is -0.211. The molecular weight excluding hydrogens is 146 g/mol. The fourth-order valence-corrected chi connectivity index (χ4v) is 0.816. The highest BCUT2D eigenvalue weighted by Gasteiger charge is 2.05. The minimum Gasteiger partial charge on any atom is -0.492 e. The Labute approximate surface area is 61.1 Å². The molecular formula is C5H4N5O. The first-order chi connectivity index (χ1) is 5.27. The Morgan fingerprint density at radius 3 is 3.00 bits per heavy atom. The van der Waals surface area contributed by atoms with Crippen molar-refractivity contribution in [3.8, 4) is 5.88 Å². The van der Waals surface area contributed by atoms with Crippen LogP contribution in [0.4, 0.5) is 5.95 Å². The van der Waals surface area contributed by atoms with E-state index in [1.165, 1.54) is 6.33 Å². The van der Waals surface area contributed by atoms with Crippen LogP contribution < -0.4 is 5.73 Å². The van der Waals surface area contributed by atoms with Crippen LogP contribution in [0.1, 0.15) is 0 Å². The lowest BCUT2D eigenvalue weighted by atomic mass is 10.5. The molecule has 2 aromatic rings. The fourth-order valence-electron chi connectivity index (χ4n) is 0.816. The zero-order valence-corrected chi connectivity index (χ0v) is 5.37. The molecule has 0 atom stereocenters. The zero-order chi connectivity index (χ0) is 7.84. The Hall–Kier alpha value is -1.85. The summed E-state index contributed by atoms with van der Waals surface area (Å²) in [5, 5.41) is 9.08. The summed E-state index contributed by atoms with van der Waals surface area (Å²) in [4.78, 5) is 13.4. The molecule has 0 bridgehead atoms. The SMILES string of the molecule is [NH]c1nc2ncnc(O)c2[nH]1. The third-order valence-corrected chi connectivity index (χ3v) is 1.27. The standard InChI is InChI=1S/C5H4N5O/c6-5-9-2-3(10-5)7-1-8-4(2)11/h1,6H,(H2,7,8,9,10,11). The molecule has 0 saturated heterocycles. The molecule has 2 rings (SSSR count). The minimum absolute atomic E-state index is 0.0317. The number of aromatic hydroxyl groups is 1. The van der Waals surface area contributed by atoms with Gasteiger partial charge in [0.15, 0.2) is 5.65 Å². The highest BCUT2D eigenvalue weighted by Crippen LogP contribution is 2.17. The third-order valence-electron chi connectivity index (χ3n) is 1.27. The molecule has 0 aliphatic rings. The van der Waals surface area contributed by atoms with Gasteiger partial charge in [-0.15, -0.1) is 0 Å². The molecule has 11 heavy (non-hydrogen) atoms. The predicted octanol–water partition coefficient (Wildman–Crippen LogP) is -0.0271. The van der Waals surface area contributed by atoms with E-state index in [0.717, 1.165) is 0 Å². The van der Waals surface area contributed by atoms with Crippen LogP contribution in [-0.4, -0.2) is 25.0 Å². The average Bonchev–Trinajstić information content (AvgIpc) is 2.31. The van der Waals surface area contributed by atoms with Gasteiger partial charge in [0.2, 0.25) is 11.8 Å². The maximum atomic E-state index is 9.08. The Morgan fingerprint density at radius 1 is 1.45 bits per heavy atom. The summed E-state index contributed by atoms with van der Waals surface area (Å²) in [6.07, 6.45) is 1.19. The number of aromatic nitrogens is 4. The van der Waals surface area contributed by atoms with Crippen molar-refractivity contribution in [2.24, 2.45) is 0 Å². The number of nitrogens with one attached hydrogen (secondary N) is 2. The van der Waals surface area contributed by atoms with Gasteiger partial charge in [-0.2, -0.15) is 9.97 Å². The molecule has 0 fully saturated rings. The van der Waals surface area contributed by atoms with Gasteiger partial charge in [-0.1, -0.05) is 0 Å². The number of fused-ring (bicyclic) bond motifs is 1. The van der Waals surface area contributed by atoms with Crippen LogP contribution in [0.25, 0.3) is 11.2 Å². The van der Waals surface area contributed by atoms with Crippen LogP contribution in [0.15, 0.2) is 6.33 Å². The van der Waals surface area contributed by atoms with Crippen molar-refractivity contribution in [1.29, 1.82) is 0 Å². The van der Waals surface area contributed by atoms with Gasteiger partial charge in [-0.25, -0.2) is 4.98 Å². The maximum Gasteiger partial charge on any atom is 0.240 e. The Balaban J connectivity index is 2.90. The number of rotatable bonds is 0. The molecule has 6 nitrogen and oxygen atoms in total. The van der Waals surface area contributed by atoms with Gasteiger partial charge in [0, 0.05) is 0 Å². The van der Waals surface area contributed by atoms with Gasteiger partial charge in [0.1, 0.15) is 11.8 Å².